The lowest BCUT2D eigenvalue weighted by atomic mass is 10.1. The Bertz CT molecular complexity index is 741. The number of nitrogens with one attached hydrogen (secondary N) is 1. The molecule has 0 saturated carbocycles. The number of ether oxygens (including phenoxy) is 1. The van der Waals surface area contributed by atoms with Crippen molar-refractivity contribution in [3.63, 3.8) is 0 Å². The van der Waals surface area contributed by atoms with E-state index in [9.17, 15) is 20.1 Å². The Morgan fingerprint density at radius 2 is 2.14 bits per heavy atom. The van der Waals surface area contributed by atoms with Crippen molar-refractivity contribution in [2.24, 2.45) is 0 Å². The molecule has 0 unspecified atom stereocenters. The van der Waals surface area contributed by atoms with Crippen LogP contribution in [-0.4, -0.2) is 73.9 Å². The summed E-state index contributed by atoms with van der Waals surface area (Å²) < 4.78 is 6.95. The lowest BCUT2D eigenvalue weighted by Crippen LogP contribution is -2.33. The SMILES string of the molecule is CN(C)c1nc2c(=O)[nH]cnc2n1[C@H]1O[C@@H](CO)[C@@H](O)[C@@H]1O. The minimum Gasteiger partial charge on any atom is -0.394 e. The topological polar surface area (TPSA) is 137 Å². The highest BCUT2D eigenvalue weighted by atomic mass is 16.6. The molecule has 10 nitrogen and oxygen atoms in total. The summed E-state index contributed by atoms with van der Waals surface area (Å²) in [5.74, 6) is 0.342. The van der Waals surface area contributed by atoms with Crippen LogP contribution < -0.4 is 10.5 Å². The van der Waals surface area contributed by atoms with E-state index in [4.69, 9.17) is 4.74 Å². The molecule has 4 N–H and O–H groups in total. The van der Waals surface area contributed by atoms with Gasteiger partial charge in [0.05, 0.1) is 12.9 Å². The van der Waals surface area contributed by atoms with Crippen LogP contribution in [0.2, 0.25) is 0 Å². The highest BCUT2D eigenvalue weighted by Crippen LogP contribution is 2.34. The Kier molecular flexibility index (Phi) is 3.60. The number of aromatic amines is 1. The summed E-state index contributed by atoms with van der Waals surface area (Å²) in [6.07, 6.45) is -3.24. The van der Waals surface area contributed by atoms with Gasteiger partial charge in [0.25, 0.3) is 5.56 Å². The van der Waals surface area contributed by atoms with E-state index in [1.807, 2.05) is 0 Å². The van der Waals surface area contributed by atoms with E-state index in [-0.39, 0.29) is 11.2 Å². The maximum atomic E-state index is 11.9. The third-order valence-corrected chi connectivity index (χ3v) is 3.64. The first-order valence-corrected chi connectivity index (χ1v) is 6.71. The monoisotopic (exact) mass is 311 g/mol. The minimum absolute atomic E-state index is 0.101. The summed E-state index contributed by atoms with van der Waals surface area (Å²) in [6.45, 7) is -0.438. The van der Waals surface area contributed by atoms with E-state index >= 15 is 0 Å². The smallest absolute Gasteiger partial charge is 0.278 e. The summed E-state index contributed by atoms with van der Waals surface area (Å²) in [5, 5.41) is 29.3. The molecule has 2 aromatic heterocycles. The molecule has 22 heavy (non-hydrogen) atoms. The average Bonchev–Trinajstić information content (AvgIpc) is 3.00. The van der Waals surface area contributed by atoms with Crippen molar-refractivity contribution < 1.29 is 20.1 Å². The molecule has 0 aliphatic carbocycles. The number of nitrogens with zero attached hydrogens (tertiary/aromatic N) is 4. The fraction of sp³-hybridized carbons (Fsp3) is 0.583. The van der Waals surface area contributed by atoms with Crippen LogP contribution >= 0.6 is 0 Å². The number of hydrogen-bond donors (Lipinski definition) is 4. The molecule has 1 aliphatic rings. The second kappa shape index (κ2) is 5.32. The lowest BCUT2D eigenvalue weighted by Gasteiger charge is -2.21. The zero-order valence-corrected chi connectivity index (χ0v) is 12.0. The number of H-pyrrole nitrogens is 1. The number of anilines is 1. The molecular formula is C12H17N5O5. The van der Waals surface area contributed by atoms with Gasteiger partial charge in [-0.3, -0.25) is 9.36 Å². The lowest BCUT2D eigenvalue weighted by molar-refractivity contribution is -0.0503. The van der Waals surface area contributed by atoms with Crippen LogP contribution in [-0.2, 0) is 4.74 Å². The summed E-state index contributed by atoms with van der Waals surface area (Å²) in [6, 6.07) is 0. The Labute approximate surface area is 124 Å². The third kappa shape index (κ3) is 2.08. The molecule has 120 valence electrons. The molecule has 0 aromatic carbocycles. The molecule has 4 atom stereocenters. The Morgan fingerprint density at radius 3 is 2.73 bits per heavy atom. The van der Waals surface area contributed by atoms with Crippen molar-refractivity contribution >= 4 is 17.1 Å². The van der Waals surface area contributed by atoms with Gasteiger partial charge >= 0.3 is 0 Å². The van der Waals surface area contributed by atoms with E-state index in [0.29, 0.717) is 5.95 Å². The molecule has 1 saturated heterocycles. The highest BCUT2D eigenvalue weighted by molar-refractivity contribution is 5.73. The van der Waals surface area contributed by atoms with Crippen molar-refractivity contribution in [1.82, 2.24) is 19.5 Å². The number of rotatable bonds is 3. The van der Waals surface area contributed by atoms with Crippen molar-refractivity contribution in [3.05, 3.63) is 16.7 Å². The van der Waals surface area contributed by atoms with Gasteiger partial charge in [-0.15, -0.1) is 0 Å². The zero-order valence-electron chi connectivity index (χ0n) is 12.0. The average molecular weight is 311 g/mol. The van der Waals surface area contributed by atoms with Crippen LogP contribution in [0.15, 0.2) is 11.1 Å². The van der Waals surface area contributed by atoms with Crippen molar-refractivity contribution in [2.45, 2.75) is 24.5 Å². The summed E-state index contributed by atoms with van der Waals surface area (Å²) in [4.78, 5) is 24.2. The fourth-order valence-corrected chi connectivity index (χ4v) is 2.55. The van der Waals surface area contributed by atoms with Crippen LogP contribution in [0, 0.1) is 0 Å². The van der Waals surface area contributed by atoms with Gasteiger partial charge in [0.2, 0.25) is 5.95 Å². The summed E-state index contributed by atoms with van der Waals surface area (Å²) >= 11 is 0. The molecule has 2 aromatic rings. The van der Waals surface area contributed by atoms with Crippen molar-refractivity contribution in [3.8, 4) is 0 Å². The van der Waals surface area contributed by atoms with Crippen molar-refractivity contribution in [1.29, 1.82) is 0 Å². The van der Waals surface area contributed by atoms with Gasteiger partial charge in [-0.1, -0.05) is 0 Å². The van der Waals surface area contributed by atoms with Crippen LogP contribution in [0.1, 0.15) is 6.23 Å². The van der Waals surface area contributed by atoms with Gasteiger partial charge < -0.3 is 29.9 Å². The third-order valence-electron chi connectivity index (χ3n) is 3.64. The van der Waals surface area contributed by atoms with Crippen LogP contribution in [0.5, 0.6) is 0 Å². The first kappa shape index (κ1) is 14.9. The maximum Gasteiger partial charge on any atom is 0.278 e. The normalized spacial score (nSPS) is 28.4. The molecule has 0 spiro atoms. The predicted molar refractivity (Wildman–Crippen MR) is 75.5 cm³/mol. The Balaban J connectivity index is 2.19. The second-order valence-corrected chi connectivity index (χ2v) is 5.31. The minimum atomic E-state index is -1.28. The van der Waals surface area contributed by atoms with E-state index in [2.05, 4.69) is 15.0 Å². The van der Waals surface area contributed by atoms with Gasteiger partial charge in [-0.2, -0.15) is 0 Å². The van der Waals surface area contributed by atoms with Crippen LogP contribution in [0.25, 0.3) is 11.2 Å². The van der Waals surface area contributed by atoms with Crippen molar-refractivity contribution in [2.75, 3.05) is 25.6 Å². The number of aliphatic hydroxyl groups excluding tert-OH is 3. The van der Waals surface area contributed by atoms with Gasteiger partial charge in [0.15, 0.2) is 17.4 Å². The number of imidazole rings is 1. The van der Waals surface area contributed by atoms with E-state index in [0.717, 1.165) is 0 Å². The number of aliphatic hydroxyl groups is 3. The Hall–Kier alpha value is -2.01. The van der Waals surface area contributed by atoms with Crippen LogP contribution in [0.3, 0.4) is 0 Å². The summed E-state index contributed by atoms with van der Waals surface area (Å²) in [7, 11) is 3.43. The summed E-state index contributed by atoms with van der Waals surface area (Å²) in [5.41, 5.74) is -0.0928. The van der Waals surface area contributed by atoms with Gasteiger partial charge in [-0.05, 0) is 0 Å². The second-order valence-electron chi connectivity index (χ2n) is 5.31. The zero-order chi connectivity index (χ0) is 16.0. The molecule has 1 aliphatic heterocycles. The van der Waals surface area contributed by atoms with Gasteiger partial charge in [0, 0.05) is 14.1 Å². The van der Waals surface area contributed by atoms with Gasteiger partial charge in [0.1, 0.15) is 18.3 Å². The first-order valence-electron chi connectivity index (χ1n) is 6.71. The standard InChI is InChI=1S/C12H17N5O5/c1-16(2)12-15-6-9(13-4-14-10(6)21)17(12)11-8(20)7(19)5(3-18)22-11/h4-5,7-8,11,18-20H,3H2,1-2H3,(H,13,14,21)/t5-,7+,8-,11-/m0/s1. The molecule has 1 fully saturated rings. The molecule has 0 bridgehead atoms. The quantitative estimate of drug-likeness (QED) is 0.501. The van der Waals surface area contributed by atoms with E-state index in [1.165, 1.54) is 10.9 Å². The fourth-order valence-electron chi connectivity index (χ4n) is 2.55. The molecular weight excluding hydrogens is 294 g/mol. The highest BCUT2D eigenvalue weighted by Gasteiger charge is 2.45. The molecule has 0 radical (unpaired) electrons. The van der Waals surface area contributed by atoms with E-state index in [1.54, 1.807) is 19.0 Å². The maximum absolute atomic E-state index is 11.9. The predicted octanol–water partition coefficient (Wildman–Crippen LogP) is -2.20. The number of fused-ring (bicyclic) bond motifs is 1. The van der Waals surface area contributed by atoms with Crippen LogP contribution in [0.4, 0.5) is 5.95 Å². The van der Waals surface area contributed by atoms with Gasteiger partial charge in [-0.25, -0.2) is 9.97 Å². The molecule has 3 rings (SSSR count). The molecule has 10 heteroatoms. The van der Waals surface area contributed by atoms with E-state index < -0.39 is 36.7 Å². The molecule has 0 amide bonds. The number of hydrogen-bond acceptors (Lipinski definition) is 8. The largest absolute Gasteiger partial charge is 0.394 e. The number of aromatic nitrogens is 4. The first-order chi connectivity index (χ1) is 10.5. The Morgan fingerprint density at radius 1 is 1.41 bits per heavy atom. The molecule has 3 heterocycles.